The van der Waals surface area contributed by atoms with E-state index in [1.54, 1.807) is 36.4 Å². The summed E-state index contributed by atoms with van der Waals surface area (Å²) < 4.78 is 5.79. The van der Waals surface area contributed by atoms with Crippen LogP contribution in [0.2, 0.25) is 0 Å². The van der Waals surface area contributed by atoms with Crippen molar-refractivity contribution in [2.75, 3.05) is 6.61 Å². The first kappa shape index (κ1) is 17.4. The first-order valence-corrected chi connectivity index (χ1v) is 8.78. The van der Waals surface area contributed by atoms with Crippen molar-refractivity contribution in [3.63, 3.8) is 0 Å². The molecule has 0 radical (unpaired) electrons. The van der Waals surface area contributed by atoms with E-state index in [9.17, 15) is 14.7 Å². The summed E-state index contributed by atoms with van der Waals surface area (Å²) in [6.45, 7) is 6.01. The smallest absolute Gasteiger partial charge is 0.200 e. The highest BCUT2D eigenvalue weighted by atomic mass is 127. The fraction of sp³-hybridized carbons (Fsp3) is 0.100. The Morgan fingerprint density at radius 1 is 1.16 bits per heavy atom. The molecule has 0 aromatic heterocycles. The number of Topliss-reactive ketones (excluding diaryl/α,β-unsaturated/α-hetero) is 1. The first-order chi connectivity index (χ1) is 12.0. The Morgan fingerprint density at radius 2 is 1.92 bits per heavy atom. The van der Waals surface area contributed by atoms with Crippen LogP contribution in [-0.4, -0.2) is 23.3 Å². The van der Waals surface area contributed by atoms with Gasteiger partial charge in [-0.25, -0.2) is 0 Å². The van der Waals surface area contributed by atoms with Gasteiger partial charge < -0.3 is 9.84 Å². The number of allylic oxidation sites excluding steroid dienone is 2. The third kappa shape index (κ3) is 2.89. The lowest BCUT2D eigenvalue weighted by molar-refractivity contribution is 0.0993. The van der Waals surface area contributed by atoms with Crippen LogP contribution in [0.3, 0.4) is 0 Å². The minimum Gasteiger partial charge on any atom is -0.504 e. The highest BCUT2D eigenvalue weighted by Crippen LogP contribution is 2.43. The molecule has 0 saturated carbocycles. The Morgan fingerprint density at radius 3 is 2.60 bits per heavy atom. The summed E-state index contributed by atoms with van der Waals surface area (Å²) in [5.74, 6) is -0.204. The van der Waals surface area contributed by atoms with Crippen LogP contribution in [0.25, 0.3) is 17.2 Å². The molecule has 1 aliphatic carbocycles. The van der Waals surface area contributed by atoms with Crippen molar-refractivity contribution in [3.05, 3.63) is 63.3 Å². The van der Waals surface area contributed by atoms with Crippen molar-refractivity contribution < 1.29 is 19.4 Å². The summed E-state index contributed by atoms with van der Waals surface area (Å²) in [7, 11) is 0. The monoisotopic (exact) mass is 446 g/mol. The molecule has 1 N–H and O–H groups in total. The quantitative estimate of drug-likeness (QED) is 0.686. The summed E-state index contributed by atoms with van der Waals surface area (Å²) in [6, 6.07) is 8.44. The molecule has 5 heteroatoms. The first-order valence-electron chi connectivity index (χ1n) is 7.70. The van der Waals surface area contributed by atoms with E-state index in [0.717, 1.165) is 0 Å². The van der Waals surface area contributed by atoms with E-state index in [2.05, 4.69) is 6.58 Å². The van der Waals surface area contributed by atoms with Crippen LogP contribution in [0.15, 0.2) is 46.6 Å². The Labute approximate surface area is 159 Å². The lowest BCUT2D eigenvalue weighted by atomic mass is 9.84. The Balaban J connectivity index is 2.37. The van der Waals surface area contributed by atoms with Gasteiger partial charge in [-0.05, 0) is 47.2 Å². The third-order valence-corrected chi connectivity index (χ3v) is 4.79. The predicted octanol–water partition coefficient (Wildman–Crippen LogP) is 4.80. The predicted molar refractivity (Wildman–Crippen MR) is 106 cm³/mol. The number of phenols is 1. The van der Waals surface area contributed by atoms with E-state index < -0.39 is 0 Å². The van der Waals surface area contributed by atoms with Gasteiger partial charge in [0.2, 0.25) is 5.78 Å². The van der Waals surface area contributed by atoms with Crippen molar-refractivity contribution in [3.8, 4) is 22.6 Å². The number of ketones is 2. The highest BCUT2D eigenvalue weighted by molar-refractivity contribution is 14.1. The molecule has 0 atom stereocenters. The SMILES string of the molecule is C=Cc1ccc2c(c1-c1cccc(OCC)c1O)C(=O)C(I)=CC2=O. The maximum Gasteiger partial charge on any atom is 0.200 e. The number of hydrogen-bond acceptors (Lipinski definition) is 4. The largest absolute Gasteiger partial charge is 0.504 e. The summed E-state index contributed by atoms with van der Waals surface area (Å²) >= 11 is 1.86. The van der Waals surface area contributed by atoms with Crippen LogP contribution in [0.1, 0.15) is 33.2 Å². The summed E-state index contributed by atoms with van der Waals surface area (Å²) in [5, 5.41) is 10.6. The topological polar surface area (TPSA) is 63.6 Å². The Bertz CT molecular complexity index is 941. The number of fused-ring (bicyclic) bond motifs is 1. The summed E-state index contributed by atoms with van der Waals surface area (Å²) in [5.41, 5.74) is 2.21. The molecule has 0 spiro atoms. The van der Waals surface area contributed by atoms with Gasteiger partial charge in [-0.2, -0.15) is 0 Å². The standard InChI is InChI=1S/C20H15IO4/c1-3-11-8-9-12-15(22)10-14(21)20(24)18(12)17(11)13-6-5-7-16(19(13)23)25-4-2/h3,5-10,23H,1,4H2,2H3. The van der Waals surface area contributed by atoms with Gasteiger partial charge in [0.25, 0.3) is 0 Å². The molecule has 2 aromatic carbocycles. The molecule has 0 amide bonds. The zero-order valence-electron chi connectivity index (χ0n) is 13.5. The van der Waals surface area contributed by atoms with Crippen LogP contribution in [0.4, 0.5) is 0 Å². The second-order valence-electron chi connectivity index (χ2n) is 5.43. The van der Waals surface area contributed by atoms with E-state index in [4.69, 9.17) is 4.74 Å². The van der Waals surface area contributed by atoms with Crippen molar-refractivity contribution in [1.82, 2.24) is 0 Å². The number of aromatic hydroxyl groups is 1. The van der Waals surface area contributed by atoms with Gasteiger partial charge in [0.15, 0.2) is 17.3 Å². The van der Waals surface area contributed by atoms with Crippen molar-refractivity contribution >= 4 is 40.2 Å². The Kier molecular flexibility index (Phi) is 4.76. The molecule has 3 rings (SSSR count). The van der Waals surface area contributed by atoms with E-state index in [1.165, 1.54) is 6.08 Å². The van der Waals surface area contributed by atoms with Crippen LogP contribution in [0.5, 0.6) is 11.5 Å². The van der Waals surface area contributed by atoms with Gasteiger partial charge in [0.1, 0.15) is 0 Å². The highest BCUT2D eigenvalue weighted by Gasteiger charge is 2.30. The number of rotatable bonds is 4. The molecule has 0 unspecified atom stereocenters. The summed E-state index contributed by atoms with van der Waals surface area (Å²) in [4.78, 5) is 25.1. The lowest BCUT2D eigenvalue weighted by Gasteiger charge is -2.20. The van der Waals surface area contributed by atoms with Gasteiger partial charge in [0, 0.05) is 28.3 Å². The average Bonchev–Trinajstić information content (AvgIpc) is 2.60. The van der Waals surface area contributed by atoms with Crippen LogP contribution in [0, 0.1) is 0 Å². The maximum absolute atomic E-state index is 12.8. The van der Waals surface area contributed by atoms with Gasteiger partial charge in [-0.1, -0.05) is 30.9 Å². The molecular formula is C20H15IO4. The van der Waals surface area contributed by atoms with Gasteiger partial charge in [-0.3, -0.25) is 9.59 Å². The van der Waals surface area contributed by atoms with Crippen molar-refractivity contribution in [2.24, 2.45) is 0 Å². The molecule has 0 fully saturated rings. The molecule has 0 saturated heterocycles. The molecule has 1 aliphatic rings. The minimum absolute atomic E-state index is 0.0642. The number of benzene rings is 2. The van der Waals surface area contributed by atoms with E-state index >= 15 is 0 Å². The van der Waals surface area contributed by atoms with Gasteiger partial charge in [-0.15, -0.1) is 0 Å². The molecule has 0 bridgehead atoms. The number of carbonyl (C=O) groups excluding carboxylic acids is 2. The molecule has 0 heterocycles. The van der Waals surface area contributed by atoms with Crippen molar-refractivity contribution in [1.29, 1.82) is 0 Å². The second kappa shape index (κ2) is 6.84. The zero-order valence-corrected chi connectivity index (χ0v) is 15.7. The lowest BCUT2D eigenvalue weighted by Crippen LogP contribution is -2.16. The number of para-hydroxylation sites is 1. The normalized spacial score (nSPS) is 13.3. The summed E-state index contributed by atoms with van der Waals surface area (Å²) in [6.07, 6.45) is 2.93. The molecule has 25 heavy (non-hydrogen) atoms. The van der Waals surface area contributed by atoms with Crippen LogP contribution < -0.4 is 4.74 Å². The number of ether oxygens (including phenoxy) is 1. The van der Waals surface area contributed by atoms with E-state index in [1.807, 2.05) is 29.5 Å². The molecule has 0 aliphatic heterocycles. The van der Waals surface area contributed by atoms with E-state index in [-0.39, 0.29) is 17.3 Å². The van der Waals surface area contributed by atoms with Crippen molar-refractivity contribution in [2.45, 2.75) is 6.92 Å². The zero-order chi connectivity index (χ0) is 18.1. The van der Waals surface area contributed by atoms with Crippen LogP contribution >= 0.6 is 22.6 Å². The van der Waals surface area contributed by atoms with Crippen LogP contribution in [-0.2, 0) is 0 Å². The van der Waals surface area contributed by atoms with Gasteiger partial charge >= 0.3 is 0 Å². The number of halogens is 1. The second-order valence-corrected chi connectivity index (χ2v) is 6.59. The average molecular weight is 446 g/mol. The Hall–Kier alpha value is -2.41. The minimum atomic E-state index is -0.241. The fourth-order valence-electron chi connectivity index (χ4n) is 2.89. The van der Waals surface area contributed by atoms with Gasteiger partial charge in [0.05, 0.1) is 10.2 Å². The molecular weight excluding hydrogens is 431 g/mol. The third-order valence-electron chi connectivity index (χ3n) is 3.99. The molecule has 2 aromatic rings. The fourth-order valence-corrected chi connectivity index (χ4v) is 3.45. The molecule has 126 valence electrons. The maximum atomic E-state index is 12.8. The number of hydrogen-bond donors (Lipinski definition) is 1. The van der Waals surface area contributed by atoms with E-state index in [0.29, 0.717) is 43.8 Å². The molecule has 4 nitrogen and oxygen atoms in total. The number of carbonyl (C=O) groups is 2. The number of phenolic OH excluding ortho intramolecular Hbond substituents is 1.